The summed E-state index contributed by atoms with van der Waals surface area (Å²) in [5, 5.41) is 0.730. The van der Waals surface area contributed by atoms with Gasteiger partial charge in [-0.15, -0.1) is 0 Å². The topological polar surface area (TPSA) is 64.6 Å². The van der Waals surface area contributed by atoms with Crippen molar-refractivity contribution in [2.24, 2.45) is 0 Å². The Morgan fingerprint density at radius 3 is 2.47 bits per heavy atom. The number of rotatable bonds is 9. The van der Waals surface area contributed by atoms with Gasteiger partial charge in [-0.1, -0.05) is 15.9 Å². The van der Waals surface area contributed by atoms with Gasteiger partial charge in [-0.3, -0.25) is 0 Å². The van der Waals surface area contributed by atoms with Gasteiger partial charge >= 0.3 is 0 Å². The van der Waals surface area contributed by atoms with Crippen molar-refractivity contribution in [3.05, 3.63) is 0 Å². The SMILES string of the molecule is COCCS(=O)(=O)NC(CCBr)COC. The molecule has 0 spiro atoms. The van der Waals surface area contributed by atoms with Gasteiger partial charge in [0.05, 0.1) is 19.0 Å². The molecule has 5 nitrogen and oxygen atoms in total. The Morgan fingerprint density at radius 2 is 2.00 bits per heavy atom. The van der Waals surface area contributed by atoms with E-state index in [0.717, 1.165) is 5.33 Å². The van der Waals surface area contributed by atoms with E-state index in [1.165, 1.54) is 7.11 Å². The molecule has 0 aliphatic carbocycles. The first kappa shape index (κ1) is 15.3. The van der Waals surface area contributed by atoms with Gasteiger partial charge in [0.1, 0.15) is 0 Å². The Balaban J connectivity index is 4.12. The number of sulfonamides is 1. The van der Waals surface area contributed by atoms with Crippen LogP contribution in [0.3, 0.4) is 0 Å². The second-order valence-electron chi connectivity index (χ2n) is 3.06. The summed E-state index contributed by atoms with van der Waals surface area (Å²) in [7, 11) is -0.244. The number of hydrogen-bond acceptors (Lipinski definition) is 4. The molecule has 0 rings (SSSR count). The molecule has 92 valence electrons. The first-order chi connectivity index (χ1) is 7.05. The highest BCUT2D eigenvalue weighted by atomic mass is 79.9. The fourth-order valence-electron chi connectivity index (χ4n) is 1.02. The average molecular weight is 304 g/mol. The number of methoxy groups -OCH3 is 2. The zero-order valence-electron chi connectivity index (χ0n) is 9.03. The summed E-state index contributed by atoms with van der Waals surface area (Å²) in [5.41, 5.74) is 0. The Bertz CT molecular complexity index is 239. The highest BCUT2D eigenvalue weighted by Crippen LogP contribution is 1.99. The van der Waals surface area contributed by atoms with E-state index in [9.17, 15) is 8.42 Å². The number of halogens is 1. The van der Waals surface area contributed by atoms with Crippen molar-refractivity contribution in [1.82, 2.24) is 4.72 Å². The van der Waals surface area contributed by atoms with Crippen molar-refractivity contribution in [2.45, 2.75) is 12.5 Å². The van der Waals surface area contributed by atoms with Crippen molar-refractivity contribution in [2.75, 3.05) is 38.5 Å². The lowest BCUT2D eigenvalue weighted by Gasteiger charge is -2.16. The minimum atomic E-state index is -3.26. The van der Waals surface area contributed by atoms with Crippen LogP contribution in [0, 0.1) is 0 Å². The van der Waals surface area contributed by atoms with Crippen LogP contribution in [0.15, 0.2) is 0 Å². The normalized spacial score (nSPS) is 14.1. The molecule has 1 unspecified atom stereocenters. The molecule has 1 N–H and O–H groups in total. The molecule has 1 atom stereocenters. The molecule has 0 saturated carbocycles. The van der Waals surface area contributed by atoms with Gasteiger partial charge in [-0.25, -0.2) is 13.1 Å². The molecule has 0 aromatic heterocycles. The van der Waals surface area contributed by atoms with Crippen LogP contribution in [0.5, 0.6) is 0 Å². The maximum absolute atomic E-state index is 11.5. The number of hydrogen-bond donors (Lipinski definition) is 1. The highest BCUT2D eigenvalue weighted by molar-refractivity contribution is 9.09. The van der Waals surface area contributed by atoms with Crippen molar-refractivity contribution in [1.29, 1.82) is 0 Å². The third-order valence-corrected chi connectivity index (χ3v) is 3.58. The summed E-state index contributed by atoms with van der Waals surface area (Å²) in [6, 6.07) is -0.184. The van der Waals surface area contributed by atoms with Crippen molar-refractivity contribution >= 4 is 26.0 Å². The predicted octanol–water partition coefficient (Wildman–Crippen LogP) is 0.352. The van der Waals surface area contributed by atoms with Crippen LogP contribution in [0.2, 0.25) is 0 Å². The largest absolute Gasteiger partial charge is 0.384 e. The van der Waals surface area contributed by atoms with Crippen molar-refractivity contribution < 1.29 is 17.9 Å². The molecule has 0 aromatic rings. The van der Waals surface area contributed by atoms with Crippen LogP contribution in [-0.2, 0) is 19.5 Å². The summed E-state index contributed by atoms with van der Waals surface area (Å²) >= 11 is 3.27. The fourth-order valence-corrected chi connectivity index (χ4v) is 2.77. The van der Waals surface area contributed by atoms with Gasteiger partial charge in [0, 0.05) is 25.6 Å². The molecule has 0 fully saturated rings. The van der Waals surface area contributed by atoms with Crippen LogP contribution in [0.25, 0.3) is 0 Å². The lowest BCUT2D eigenvalue weighted by atomic mass is 10.3. The lowest BCUT2D eigenvalue weighted by Crippen LogP contribution is -2.40. The summed E-state index contributed by atoms with van der Waals surface area (Å²) in [6.45, 7) is 0.571. The molecular weight excluding hydrogens is 286 g/mol. The van der Waals surface area contributed by atoms with E-state index in [1.807, 2.05) is 0 Å². The maximum atomic E-state index is 11.5. The van der Waals surface area contributed by atoms with Gasteiger partial charge in [0.2, 0.25) is 10.0 Å². The summed E-state index contributed by atoms with van der Waals surface area (Å²) in [4.78, 5) is 0. The molecule has 0 aromatic carbocycles. The van der Waals surface area contributed by atoms with Gasteiger partial charge in [0.25, 0.3) is 0 Å². The third kappa shape index (κ3) is 8.15. The maximum Gasteiger partial charge on any atom is 0.214 e. The first-order valence-corrected chi connectivity index (χ1v) is 7.37. The first-order valence-electron chi connectivity index (χ1n) is 4.59. The van der Waals surface area contributed by atoms with E-state index < -0.39 is 10.0 Å². The summed E-state index contributed by atoms with van der Waals surface area (Å²) in [6.07, 6.45) is 0.694. The van der Waals surface area contributed by atoms with Crippen LogP contribution in [0.4, 0.5) is 0 Å². The standard InChI is InChI=1S/C8H18BrNO4S/c1-13-5-6-15(11,12)10-8(3-4-9)7-14-2/h8,10H,3-7H2,1-2H3. The monoisotopic (exact) mass is 303 g/mol. The zero-order valence-corrected chi connectivity index (χ0v) is 11.4. The molecule has 15 heavy (non-hydrogen) atoms. The summed E-state index contributed by atoms with van der Waals surface area (Å²) < 4.78 is 35.2. The minimum Gasteiger partial charge on any atom is -0.384 e. The fraction of sp³-hybridized carbons (Fsp3) is 1.00. The van der Waals surface area contributed by atoms with E-state index in [1.54, 1.807) is 7.11 Å². The second-order valence-corrected chi connectivity index (χ2v) is 5.73. The van der Waals surface area contributed by atoms with Gasteiger partial charge in [-0.05, 0) is 6.42 Å². The number of alkyl halides is 1. The van der Waals surface area contributed by atoms with Gasteiger partial charge in [0.15, 0.2) is 0 Å². The van der Waals surface area contributed by atoms with Crippen LogP contribution in [0.1, 0.15) is 6.42 Å². The van der Waals surface area contributed by atoms with Crippen LogP contribution < -0.4 is 4.72 Å². The Morgan fingerprint density at radius 1 is 1.33 bits per heavy atom. The predicted molar refractivity (Wildman–Crippen MR) is 62.9 cm³/mol. The zero-order chi connectivity index (χ0) is 11.7. The van der Waals surface area contributed by atoms with Gasteiger partial charge in [-0.2, -0.15) is 0 Å². The van der Waals surface area contributed by atoms with Crippen molar-refractivity contribution in [3.8, 4) is 0 Å². The molecule has 0 amide bonds. The molecule has 7 heteroatoms. The summed E-state index contributed by atoms with van der Waals surface area (Å²) in [5.74, 6) is -0.0218. The quantitative estimate of drug-likeness (QED) is 0.624. The smallest absolute Gasteiger partial charge is 0.214 e. The number of ether oxygens (including phenoxy) is 2. The van der Waals surface area contributed by atoms with Gasteiger partial charge < -0.3 is 9.47 Å². The molecule has 0 radical (unpaired) electrons. The highest BCUT2D eigenvalue weighted by Gasteiger charge is 2.16. The minimum absolute atomic E-state index is 0.0218. The molecule has 0 aliphatic heterocycles. The second kappa shape index (κ2) is 8.46. The van der Waals surface area contributed by atoms with Crippen molar-refractivity contribution in [3.63, 3.8) is 0 Å². The van der Waals surface area contributed by atoms with E-state index in [0.29, 0.717) is 13.0 Å². The Hall–Kier alpha value is 0.310. The number of nitrogens with one attached hydrogen (secondary N) is 1. The van der Waals surface area contributed by atoms with E-state index in [4.69, 9.17) is 9.47 Å². The Kier molecular flexibility index (Phi) is 8.64. The molecular formula is C8H18BrNO4S. The molecule has 0 heterocycles. The molecule has 0 aliphatic rings. The van der Waals surface area contributed by atoms with E-state index in [-0.39, 0.29) is 18.4 Å². The van der Waals surface area contributed by atoms with Crippen LogP contribution >= 0.6 is 15.9 Å². The van der Waals surface area contributed by atoms with E-state index >= 15 is 0 Å². The Labute approximate surface area is 99.7 Å². The average Bonchev–Trinajstić information content (AvgIpc) is 2.15. The van der Waals surface area contributed by atoms with E-state index in [2.05, 4.69) is 20.7 Å². The third-order valence-electron chi connectivity index (χ3n) is 1.73. The van der Waals surface area contributed by atoms with Crippen LogP contribution in [-0.4, -0.2) is 53.0 Å². The molecule has 0 saturated heterocycles. The molecule has 0 bridgehead atoms. The lowest BCUT2D eigenvalue weighted by molar-refractivity contribution is 0.173.